The molecule has 14 heteroatoms. The first kappa shape index (κ1) is 32.6. The number of carbonyl (C=O) groups is 1. The summed E-state index contributed by atoms with van der Waals surface area (Å²) in [5, 5.41) is 116. The van der Waals surface area contributed by atoms with E-state index in [9.17, 15) is 61.0 Å². The molecule has 0 spiro atoms. The van der Waals surface area contributed by atoms with Crippen LogP contribution in [0.3, 0.4) is 0 Å². The molecule has 2 aromatic rings. The highest BCUT2D eigenvalue weighted by atomic mass is 16.6. The highest BCUT2D eigenvalue weighted by molar-refractivity contribution is 6.02. The van der Waals surface area contributed by atoms with E-state index >= 15 is 0 Å². The van der Waals surface area contributed by atoms with E-state index in [1.165, 1.54) is 31.2 Å². The lowest BCUT2D eigenvalue weighted by atomic mass is 9.63. The number of hydrogen-bond acceptors (Lipinski definition) is 14. The Morgan fingerprint density at radius 2 is 1.49 bits per heavy atom. The Hall–Kier alpha value is -3.31. The fourth-order valence-corrected chi connectivity index (χ4v) is 5.68. The van der Waals surface area contributed by atoms with Crippen LogP contribution in [0.25, 0.3) is 6.08 Å². The van der Waals surface area contributed by atoms with E-state index in [0.29, 0.717) is 5.56 Å². The van der Waals surface area contributed by atoms with E-state index in [1.54, 1.807) is 0 Å². The number of rotatable bonds is 8. The zero-order chi connectivity index (χ0) is 31.9. The van der Waals surface area contributed by atoms with Gasteiger partial charge in [-0.15, -0.1) is 0 Å². The third-order valence-electron chi connectivity index (χ3n) is 8.23. The molecule has 2 fully saturated rings. The number of phenolic OH excluding ortho intramolecular Hbond substituents is 4. The first-order valence-electron chi connectivity index (χ1n) is 13.5. The standard InChI is InChI=1S/C29H36O14/c1-13-23(36)24(37)25(38)27(42-13)29(41)26(39)20(8-4-14-2-6-16(31)18(33)10-14)43-22(12-30)28(29,40)21(35)9-5-15-3-7-17(32)19(34)11-15/h2-3,5-7,9-11,13,20,22-27,30-34,36-41H,4,8,12H2,1H3/t13-,20?,22-,23-,24+,25+,26+,27?,28-,29+/m1/s1. The lowest BCUT2D eigenvalue weighted by Gasteiger charge is -2.59. The lowest BCUT2D eigenvalue weighted by Crippen LogP contribution is -2.84. The van der Waals surface area contributed by atoms with Crippen LogP contribution in [-0.2, 0) is 20.7 Å². The zero-order valence-corrected chi connectivity index (χ0v) is 23.0. The van der Waals surface area contributed by atoms with Crippen LogP contribution in [0.5, 0.6) is 23.0 Å². The van der Waals surface area contributed by atoms with E-state index in [1.807, 2.05) is 0 Å². The fourth-order valence-electron chi connectivity index (χ4n) is 5.68. The SMILES string of the molecule is C[C@H]1OC([C@@]2(O)[C@@H](O)C(CCc3ccc(O)c(O)c3)O[C@H](CO)[C@]2(O)C(=O)C=Cc2ccc(O)c(O)c2)[C@@H](O)[C@@H](O)[C@@H]1O. The third-order valence-corrected chi connectivity index (χ3v) is 8.23. The van der Waals surface area contributed by atoms with Gasteiger partial charge in [0.15, 0.2) is 40.0 Å². The molecule has 10 atom stereocenters. The number of aliphatic hydroxyl groups is 7. The molecule has 14 nitrogen and oxygen atoms in total. The molecule has 236 valence electrons. The summed E-state index contributed by atoms with van der Waals surface area (Å²) in [5.74, 6) is -3.06. The molecule has 2 aliphatic rings. The minimum atomic E-state index is -3.22. The number of aryl methyl sites for hydroxylation is 1. The number of benzene rings is 2. The molecule has 4 rings (SSSR count). The fraction of sp³-hybridized carbons (Fsp3) is 0.483. The molecule has 2 heterocycles. The summed E-state index contributed by atoms with van der Waals surface area (Å²) in [5.41, 5.74) is -5.76. The lowest BCUT2D eigenvalue weighted by molar-refractivity contribution is -0.361. The topological polar surface area (TPSA) is 258 Å². The normalized spacial score (nSPS) is 36.6. The molecule has 43 heavy (non-hydrogen) atoms. The van der Waals surface area contributed by atoms with Crippen molar-refractivity contribution in [3.63, 3.8) is 0 Å². The van der Waals surface area contributed by atoms with Crippen molar-refractivity contribution in [1.29, 1.82) is 0 Å². The first-order valence-corrected chi connectivity index (χ1v) is 13.5. The van der Waals surface area contributed by atoms with Gasteiger partial charge in [-0.3, -0.25) is 4.79 Å². The van der Waals surface area contributed by atoms with Crippen LogP contribution in [-0.4, -0.2) is 129 Å². The predicted octanol–water partition coefficient (Wildman–Crippen LogP) is -1.82. The smallest absolute Gasteiger partial charge is 0.193 e. The van der Waals surface area contributed by atoms with E-state index in [-0.39, 0.29) is 24.2 Å². The molecule has 2 unspecified atom stereocenters. The third kappa shape index (κ3) is 5.69. The van der Waals surface area contributed by atoms with Crippen LogP contribution in [0, 0.1) is 0 Å². The number of aromatic hydroxyl groups is 4. The number of ketones is 1. The highest BCUT2D eigenvalue weighted by Crippen LogP contribution is 2.46. The van der Waals surface area contributed by atoms with Gasteiger partial charge in [0.25, 0.3) is 0 Å². The molecule has 0 bridgehead atoms. The van der Waals surface area contributed by atoms with Gasteiger partial charge < -0.3 is 65.6 Å². The number of phenols is 4. The quantitative estimate of drug-likeness (QED) is 0.117. The molecule has 0 amide bonds. The Morgan fingerprint density at radius 3 is 2.09 bits per heavy atom. The van der Waals surface area contributed by atoms with Gasteiger partial charge >= 0.3 is 0 Å². The van der Waals surface area contributed by atoms with Gasteiger partial charge in [-0.1, -0.05) is 18.2 Å². The molecule has 2 aliphatic heterocycles. The summed E-state index contributed by atoms with van der Waals surface area (Å²) in [6.45, 7) is 0.212. The van der Waals surface area contributed by atoms with Crippen LogP contribution in [0.2, 0.25) is 0 Å². The Morgan fingerprint density at radius 1 is 0.860 bits per heavy atom. The maximum atomic E-state index is 13.7. The van der Waals surface area contributed by atoms with Crippen molar-refractivity contribution in [3.8, 4) is 23.0 Å². The van der Waals surface area contributed by atoms with Crippen molar-refractivity contribution < 1.29 is 70.4 Å². The summed E-state index contributed by atoms with van der Waals surface area (Å²) in [6.07, 6.45) is -12.9. The van der Waals surface area contributed by atoms with E-state index < -0.39 is 89.7 Å². The number of carbonyl (C=O) groups excluding carboxylic acids is 1. The van der Waals surface area contributed by atoms with Crippen molar-refractivity contribution in [2.45, 2.75) is 79.8 Å². The molecular formula is C29H36O14. The predicted molar refractivity (Wildman–Crippen MR) is 146 cm³/mol. The van der Waals surface area contributed by atoms with Crippen LogP contribution < -0.4 is 0 Å². The second-order valence-electron chi connectivity index (χ2n) is 10.9. The summed E-state index contributed by atoms with van der Waals surface area (Å²) in [4.78, 5) is 13.7. The zero-order valence-electron chi connectivity index (χ0n) is 23.0. The molecule has 0 saturated carbocycles. The first-order chi connectivity index (χ1) is 20.2. The van der Waals surface area contributed by atoms with Crippen LogP contribution in [0.4, 0.5) is 0 Å². The number of ether oxygens (including phenoxy) is 2. The largest absolute Gasteiger partial charge is 0.504 e. The van der Waals surface area contributed by atoms with Gasteiger partial charge in [0.2, 0.25) is 0 Å². The average molecular weight is 609 g/mol. The van der Waals surface area contributed by atoms with Gasteiger partial charge in [0.05, 0.1) is 18.8 Å². The van der Waals surface area contributed by atoms with Crippen molar-refractivity contribution in [2.24, 2.45) is 0 Å². The number of aliphatic hydroxyl groups excluding tert-OH is 5. The van der Waals surface area contributed by atoms with Crippen LogP contribution in [0.1, 0.15) is 24.5 Å². The van der Waals surface area contributed by atoms with Gasteiger partial charge in [-0.05, 0) is 61.2 Å². The molecular weight excluding hydrogens is 572 g/mol. The molecule has 2 aromatic carbocycles. The minimum Gasteiger partial charge on any atom is -0.504 e. The van der Waals surface area contributed by atoms with Gasteiger partial charge in [0, 0.05) is 0 Å². The minimum absolute atomic E-state index is 0.0617. The van der Waals surface area contributed by atoms with Crippen molar-refractivity contribution in [3.05, 3.63) is 53.6 Å². The monoisotopic (exact) mass is 608 g/mol. The van der Waals surface area contributed by atoms with Gasteiger partial charge in [0.1, 0.15) is 36.6 Å². The maximum absolute atomic E-state index is 13.7. The van der Waals surface area contributed by atoms with Crippen molar-refractivity contribution >= 4 is 11.9 Å². The Kier molecular flexibility index (Phi) is 9.37. The summed E-state index contributed by atoms with van der Waals surface area (Å²) in [6, 6.07) is 7.49. The summed E-state index contributed by atoms with van der Waals surface area (Å²) in [7, 11) is 0. The van der Waals surface area contributed by atoms with Crippen molar-refractivity contribution in [2.75, 3.05) is 6.61 Å². The number of hydrogen-bond donors (Lipinski definition) is 11. The maximum Gasteiger partial charge on any atom is 0.193 e. The van der Waals surface area contributed by atoms with Crippen molar-refractivity contribution in [1.82, 2.24) is 0 Å². The Labute approximate surface area is 245 Å². The second-order valence-corrected chi connectivity index (χ2v) is 10.9. The molecule has 2 saturated heterocycles. The second kappa shape index (κ2) is 12.4. The molecule has 0 aromatic heterocycles. The van der Waals surface area contributed by atoms with Gasteiger partial charge in [-0.25, -0.2) is 0 Å². The van der Waals surface area contributed by atoms with E-state index in [4.69, 9.17) is 9.47 Å². The van der Waals surface area contributed by atoms with Crippen LogP contribution in [0.15, 0.2) is 42.5 Å². The molecule has 0 radical (unpaired) electrons. The Balaban J connectivity index is 1.76. The van der Waals surface area contributed by atoms with Crippen LogP contribution >= 0.6 is 0 Å². The summed E-state index contributed by atoms with van der Waals surface area (Å²) >= 11 is 0. The van der Waals surface area contributed by atoms with Gasteiger partial charge in [-0.2, -0.15) is 0 Å². The van der Waals surface area contributed by atoms with E-state index in [2.05, 4.69) is 0 Å². The van der Waals surface area contributed by atoms with E-state index in [0.717, 1.165) is 24.3 Å². The summed E-state index contributed by atoms with van der Waals surface area (Å²) < 4.78 is 11.3. The molecule has 11 N–H and O–H groups in total. The Bertz CT molecular complexity index is 1350. The molecule has 0 aliphatic carbocycles. The average Bonchev–Trinajstić information content (AvgIpc) is 2.98. The highest BCUT2D eigenvalue weighted by Gasteiger charge is 2.73.